The molecule has 0 spiro atoms. The van der Waals surface area contributed by atoms with Gasteiger partial charge in [-0.25, -0.2) is 14.4 Å². The van der Waals surface area contributed by atoms with Gasteiger partial charge in [0.25, 0.3) is 0 Å². The molecule has 0 aliphatic rings. The van der Waals surface area contributed by atoms with Crippen LogP contribution in [-0.4, -0.2) is 68.9 Å². The number of esters is 3. The number of hydrogen-bond donors (Lipinski definition) is 0. The van der Waals surface area contributed by atoms with Crippen molar-refractivity contribution in [2.24, 2.45) is 0 Å². The number of ether oxygens (including phenoxy) is 3. The molecule has 46 heavy (non-hydrogen) atoms. The summed E-state index contributed by atoms with van der Waals surface area (Å²) >= 11 is 0. The standard InChI is InChI=1S/C22H40O2.C11H22NO2.C6H10O2/c1-4-5-6-7-8-9-10-11-12-13-14-15-16-17-18-19-20-24-22(23)21(2)3;1-6-12(5,7-2)8-9-14-11(13)10(3)4;1-4-8-6(7)5(2)3/h11-12H,2,4-10,13-20H2,1,3H3;3,6-9H2,1-2,4-5H3;2,4H2,1,3H3/q;+1;/b12-11-;;. The van der Waals surface area contributed by atoms with E-state index in [0.29, 0.717) is 36.5 Å². The molecular formula is C39H72NO6+. The van der Waals surface area contributed by atoms with Gasteiger partial charge in [0.05, 0.1) is 33.4 Å². The number of rotatable bonds is 25. The summed E-state index contributed by atoms with van der Waals surface area (Å²) in [5.41, 5.74) is 1.40. The van der Waals surface area contributed by atoms with E-state index in [9.17, 15) is 14.4 Å². The van der Waals surface area contributed by atoms with Gasteiger partial charge >= 0.3 is 17.9 Å². The first-order valence-electron chi connectivity index (χ1n) is 17.8. The minimum atomic E-state index is -0.312. The van der Waals surface area contributed by atoms with Crippen molar-refractivity contribution in [3.63, 3.8) is 0 Å². The van der Waals surface area contributed by atoms with Crippen molar-refractivity contribution < 1.29 is 33.1 Å². The SMILES string of the molecule is C=C(C)C(=O)OCC.C=C(C)C(=O)OCCCCCCCC/C=C\CCCCCCCC.C=C(C)C(=O)OCC[N+](C)(CC)CC. The molecule has 0 radical (unpaired) electrons. The molecule has 0 aliphatic heterocycles. The predicted molar refractivity (Wildman–Crippen MR) is 195 cm³/mol. The molecule has 0 aromatic heterocycles. The maximum Gasteiger partial charge on any atom is 0.333 e. The monoisotopic (exact) mass is 651 g/mol. The third-order valence-electron chi connectivity index (χ3n) is 7.60. The number of quaternary nitrogens is 1. The van der Waals surface area contributed by atoms with Crippen LogP contribution in [0, 0.1) is 0 Å². The Morgan fingerprint density at radius 3 is 1.28 bits per heavy atom. The topological polar surface area (TPSA) is 78.9 Å². The highest BCUT2D eigenvalue weighted by atomic mass is 16.5. The molecule has 0 heterocycles. The Labute approximate surface area is 284 Å². The van der Waals surface area contributed by atoms with E-state index in [0.717, 1.165) is 37.0 Å². The van der Waals surface area contributed by atoms with Gasteiger partial charge in [0.15, 0.2) is 0 Å². The van der Waals surface area contributed by atoms with E-state index in [1.165, 1.54) is 77.0 Å². The van der Waals surface area contributed by atoms with Gasteiger partial charge in [-0.2, -0.15) is 0 Å². The normalized spacial score (nSPS) is 10.6. The van der Waals surface area contributed by atoms with Gasteiger partial charge in [-0.15, -0.1) is 0 Å². The predicted octanol–water partition coefficient (Wildman–Crippen LogP) is 9.86. The number of carbonyl (C=O) groups is 3. The van der Waals surface area contributed by atoms with Crippen molar-refractivity contribution in [1.82, 2.24) is 0 Å². The van der Waals surface area contributed by atoms with Crippen LogP contribution >= 0.6 is 0 Å². The maximum atomic E-state index is 11.2. The average molecular weight is 651 g/mol. The number of carbonyl (C=O) groups excluding carboxylic acids is 3. The Morgan fingerprint density at radius 1 is 0.543 bits per heavy atom. The third kappa shape index (κ3) is 34.2. The molecular weight excluding hydrogens is 578 g/mol. The van der Waals surface area contributed by atoms with Crippen LogP contribution in [-0.2, 0) is 28.6 Å². The van der Waals surface area contributed by atoms with Crippen molar-refractivity contribution in [2.75, 3.05) is 46.5 Å². The lowest BCUT2D eigenvalue weighted by molar-refractivity contribution is -0.906. The molecule has 0 bridgehead atoms. The molecule has 0 aromatic rings. The van der Waals surface area contributed by atoms with Crippen molar-refractivity contribution in [3.8, 4) is 0 Å². The second kappa shape index (κ2) is 33.7. The lowest BCUT2D eigenvalue weighted by Crippen LogP contribution is -2.46. The summed E-state index contributed by atoms with van der Waals surface area (Å²) in [5, 5.41) is 0. The maximum absolute atomic E-state index is 11.2. The van der Waals surface area contributed by atoms with Crippen molar-refractivity contribution in [2.45, 2.75) is 138 Å². The van der Waals surface area contributed by atoms with Gasteiger partial charge in [0.2, 0.25) is 0 Å². The molecule has 0 N–H and O–H groups in total. The number of likely N-dealkylation sites (N-methyl/N-ethyl adjacent to an activating group) is 1. The van der Waals surface area contributed by atoms with Gasteiger partial charge in [0.1, 0.15) is 13.2 Å². The van der Waals surface area contributed by atoms with Crippen LogP contribution in [0.3, 0.4) is 0 Å². The van der Waals surface area contributed by atoms with E-state index in [2.05, 4.69) is 64.4 Å². The second-order valence-corrected chi connectivity index (χ2v) is 12.2. The van der Waals surface area contributed by atoms with Crippen LogP contribution in [0.2, 0.25) is 0 Å². The molecule has 0 saturated heterocycles. The molecule has 0 aromatic carbocycles. The first kappa shape index (κ1) is 47.7. The number of allylic oxidation sites excluding steroid dienone is 2. The Bertz CT molecular complexity index is 857. The molecule has 7 nitrogen and oxygen atoms in total. The van der Waals surface area contributed by atoms with Crippen molar-refractivity contribution in [3.05, 3.63) is 48.6 Å². The molecule has 0 atom stereocenters. The Morgan fingerprint density at radius 2 is 0.913 bits per heavy atom. The van der Waals surface area contributed by atoms with Crippen LogP contribution in [0.25, 0.3) is 0 Å². The van der Waals surface area contributed by atoms with Gasteiger partial charge in [0, 0.05) is 16.7 Å². The van der Waals surface area contributed by atoms with Gasteiger partial charge in [-0.1, -0.05) is 96.6 Å². The zero-order valence-corrected chi connectivity index (χ0v) is 31.3. The van der Waals surface area contributed by atoms with Gasteiger partial charge < -0.3 is 18.7 Å². The lowest BCUT2D eigenvalue weighted by atomic mass is 10.1. The highest BCUT2D eigenvalue weighted by Crippen LogP contribution is 2.10. The summed E-state index contributed by atoms with van der Waals surface area (Å²) in [7, 11) is 2.16. The summed E-state index contributed by atoms with van der Waals surface area (Å²) in [6, 6.07) is 0. The molecule has 0 aliphatic carbocycles. The fourth-order valence-electron chi connectivity index (χ4n) is 3.91. The molecule has 0 fully saturated rings. The first-order chi connectivity index (χ1) is 21.8. The van der Waals surface area contributed by atoms with E-state index in [-0.39, 0.29) is 17.9 Å². The molecule has 0 saturated carbocycles. The molecule has 0 unspecified atom stereocenters. The summed E-state index contributed by atoms with van der Waals surface area (Å²) in [6.45, 7) is 28.2. The zero-order valence-electron chi connectivity index (χ0n) is 31.3. The summed E-state index contributed by atoms with van der Waals surface area (Å²) in [6.07, 6.45) is 22.8. The highest BCUT2D eigenvalue weighted by Gasteiger charge is 2.16. The van der Waals surface area contributed by atoms with Crippen molar-refractivity contribution >= 4 is 17.9 Å². The van der Waals surface area contributed by atoms with Gasteiger partial charge in [-0.3, -0.25) is 0 Å². The van der Waals surface area contributed by atoms with E-state index >= 15 is 0 Å². The Balaban J connectivity index is -0.000000703. The number of hydrogen-bond acceptors (Lipinski definition) is 6. The lowest BCUT2D eigenvalue weighted by Gasteiger charge is -2.31. The van der Waals surface area contributed by atoms with E-state index in [1.807, 2.05) is 0 Å². The van der Waals surface area contributed by atoms with E-state index in [1.54, 1.807) is 27.7 Å². The molecule has 0 amide bonds. The van der Waals surface area contributed by atoms with E-state index in [4.69, 9.17) is 9.47 Å². The van der Waals surface area contributed by atoms with Crippen LogP contribution in [0.1, 0.15) is 138 Å². The highest BCUT2D eigenvalue weighted by molar-refractivity contribution is 5.87. The van der Waals surface area contributed by atoms with Crippen LogP contribution in [0.5, 0.6) is 0 Å². The fourth-order valence-corrected chi connectivity index (χ4v) is 3.91. The zero-order chi connectivity index (χ0) is 35.6. The molecule has 268 valence electrons. The van der Waals surface area contributed by atoms with Crippen LogP contribution < -0.4 is 0 Å². The largest absolute Gasteiger partial charge is 0.463 e. The van der Waals surface area contributed by atoms with Crippen molar-refractivity contribution in [1.29, 1.82) is 0 Å². The first-order valence-corrected chi connectivity index (χ1v) is 17.8. The average Bonchev–Trinajstić information content (AvgIpc) is 3.02. The third-order valence-corrected chi connectivity index (χ3v) is 7.60. The minimum Gasteiger partial charge on any atom is -0.463 e. The molecule has 7 heteroatoms. The second-order valence-electron chi connectivity index (χ2n) is 12.2. The van der Waals surface area contributed by atoms with Crippen LogP contribution in [0.4, 0.5) is 0 Å². The van der Waals surface area contributed by atoms with Crippen LogP contribution in [0.15, 0.2) is 48.6 Å². The van der Waals surface area contributed by atoms with E-state index < -0.39 is 0 Å². The Hall–Kier alpha value is -2.67. The Kier molecular flexibility index (Phi) is 35.0. The number of unbranched alkanes of at least 4 members (excludes halogenated alkanes) is 12. The van der Waals surface area contributed by atoms with Gasteiger partial charge in [-0.05, 0) is 73.6 Å². The fraction of sp³-hybridized carbons (Fsp3) is 0.718. The molecule has 0 rings (SSSR count). The summed E-state index contributed by atoms with van der Waals surface area (Å²) in [4.78, 5) is 32.7. The quantitative estimate of drug-likeness (QED) is 0.0244. The summed E-state index contributed by atoms with van der Waals surface area (Å²) in [5.74, 6) is -0.862. The number of nitrogens with zero attached hydrogens (tertiary/aromatic N) is 1. The summed E-state index contributed by atoms with van der Waals surface area (Å²) < 4.78 is 15.6. The minimum absolute atomic E-state index is 0.261. The smallest absolute Gasteiger partial charge is 0.333 e.